The summed E-state index contributed by atoms with van der Waals surface area (Å²) in [5, 5.41) is 3.04. The van der Waals surface area contributed by atoms with Gasteiger partial charge in [0, 0.05) is 24.1 Å². The second-order valence-corrected chi connectivity index (χ2v) is 5.51. The Balaban J connectivity index is 2.16. The first kappa shape index (κ1) is 15.6. The first-order valence-electron chi connectivity index (χ1n) is 6.29. The molecule has 1 unspecified atom stereocenters. The number of benzene rings is 1. The van der Waals surface area contributed by atoms with E-state index in [-0.39, 0.29) is 6.10 Å². The Hall–Kier alpha value is -0.790. The van der Waals surface area contributed by atoms with Crippen LogP contribution in [-0.2, 0) is 10.9 Å². The minimum atomic E-state index is -4.32. The Morgan fingerprint density at radius 2 is 2.20 bits per heavy atom. The third-order valence-corrected chi connectivity index (χ3v) is 3.82. The lowest BCUT2D eigenvalue weighted by atomic mass is 10.1. The summed E-state index contributed by atoms with van der Waals surface area (Å²) in [4.78, 5) is 2.04. The summed E-state index contributed by atoms with van der Waals surface area (Å²) in [6.07, 6.45) is -4.27. The fourth-order valence-corrected chi connectivity index (χ4v) is 2.86. The fraction of sp³-hybridized carbons (Fsp3) is 0.538. The standard InChI is InChI=1S/C13H16BrF3N2O/c1-18-7-10-8-19(4-5-20-10)12-3-2-9(6-11(12)14)13(15,16)17/h2-3,6,10,18H,4-5,7-8H2,1H3. The van der Waals surface area contributed by atoms with Crippen molar-refractivity contribution in [1.29, 1.82) is 0 Å². The molecule has 1 atom stereocenters. The van der Waals surface area contributed by atoms with Gasteiger partial charge in [0.1, 0.15) is 0 Å². The molecule has 1 heterocycles. The van der Waals surface area contributed by atoms with Crippen molar-refractivity contribution < 1.29 is 17.9 Å². The zero-order valence-electron chi connectivity index (χ0n) is 11.0. The maximum Gasteiger partial charge on any atom is 0.416 e. The monoisotopic (exact) mass is 352 g/mol. The Labute approximate surface area is 124 Å². The van der Waals surface area contributed by atoms with Crippen molar-refractivity contribution in [2.75, 3.05) is 38.2 Å². The molecule has 1 saturated heterocycles. The van der Waals surface area contributed by atoms with E-state index in [1.165, 1.54) is 6.07 Å². The van der Waals surface area contributed by atoms with Gasteiger partial charge in [0.05, 0.1) is 24.0 Å². The smallest absolute Gasteiger partial charge is 0.373 e. The van der Waals surface area contributed by atoms with Gasteiger partial charge in [-0.15, -0.1) is 0 Å². The van der Waals surface area contributed by atoms with Crippen LogP contribution < -0.4 is 10.2 Å². The average molecular weight is 353 g/mol. The first-order chi connectivity index (χ1) is 9.41. The number of morpholine rings is 1. The first-order valence-corrected chi connectivity index (χ1v) is 7.09. The van der Waals surface area contributed by atoms with Gasteiger partial charge < -0.3 is 15.0 Å². The highest BCUT2D eigenvalue weighted by Gasteiger charge is 2.31. The van der Waals surface area contributed by atoms with Crippen molar-refractivity contribution in [2.24, 2.45) is 0 Å². The average Bonchev–Trinajstić information content (AvgIpc) is 2.38. The lowest BCUT2D eigenvalue weighted by Crippen LogP contribution is -2.46. The number of nitrogens with one attached hydrogen (secondary N) is 1. The van der Waals surface area contributed by atoms with Crippen LogP contribution in [0.25, 0.3) is 0 Å². The van der Waals surface area contributed by atoms with Crippen molar-refractivity contribution in [3.8, 4) is 0 Å². The number of hydrogen-bond acceptors (Lipinski definition) is 3. The lowest BCUT2D eigenvalue weighted by molar-refractivity contribution is -0.137. The van der Waals surface area contributed by atoms with E-state index in [1.54, 1.807) is 0 Å². The summed E-state index contributed by atoms with van der Waals surface area (Å²) in [6.45, 7) is 2.61. The van der Waals surface area contributed by atoms with E-state index in [1.807, 2.05) is 11.9 Å². The predicted molar refractivity (Wildman–Crippen MR) is 75.0 cm³/mol. The van der Waals surface area contributed by atoms with E-state index in [9.17, 15) is 13.2 Å². The minimum absolute atomic E-state index is 0.0444. The number of anilines is 1. The molecule has 0 bridgehead atoms. The molecular weight excluding hydrogens is 337 g/mol. The second-order valence-electron chi connectivity index (χ2n) is 4.66. The van der Waals surface area contributed by atoms with Crippen LogP contribution in [0.5, 0.6) is 0 Å². The summed E-state index contributed by atoms with van der Waals surface area (Å²) in [6, 6.07) is 3.75. The zero-order chi connectivity index (χ0) is 14.8. The number of halogens is 4. The maximum atomic E-state index is 12.6. The Morgan fingerprint density at radius 3 is 2.80 bits per heavy atom. The third-order valence-electron chi connectivity index (χ3n) is 3.19. The van der Waals surface area contributed by atoms with Crippen LogP contribution in [0.2, 0.25) is 0 Å². The van der Waals surface area contributed by atoms with Gasteiger partial charge in [-0.25, -0.2) is 0 Å². The van der Waals surface area contributed by atoms with Crippen molar-refractivity contribution in [3.05, 3.63) is 28.2 Å². The van der Waals surface area contributed by atoms with Crippen LogP contribution in [0.15, 0.2) is 22.7 Å². The topological polar surface area (TPSA) is 24.5 Å². The highest BCUT2D eigenvalue weighted by molar-refractivity contribution is 9.10. The van der Waals surface area contributed by atoms with Crippen molar-refractivity contribution >= 4 is 21.6 Å². The van der Waals surface area contributed by atoms with E-state index in [0.717, 1.165) is 24.4 Å². The maximum absolute atomic E-state index is 12.6. The molecule has 0 aromatic heterocycles. The summed E-state index contributed by atoms with van der Waals surface area (Å²) >= 11 is 3.24. The lowest BCUT2D eigenvalue weighted by Gasteiger charge is -2.35. The van der Waals surface area contributed by atoms with Gasteiger partial charge in [0.15, 0.2) is 0 Å². The molecule has 0 spiro atoms. The third kappa shape index (κ3) is 3.65. The number of rotatable bonds is 3. The molecule has 1 aromatic carbocycles. The largest absolute Gasteiger partial charge is 0.416 e. The quantitative estimate of drug-likeness (QED) is 0.905. The van der Waals surface area contributed by atoms with Gasteiger partial charge in [0.25, 0.3) is 0 Å². The van der Waals surface area contributed by atoms with E-state index in [4.69, 9.17) is 4.74 Å². The Kier molecular flexibility index (Phi) is 4.93. The van der Waals surface area contributed by atoms with Crippen LogP contribution in [0, 0.1) is 0 Å². The Bertz CT molecular complexity index is 465. The van der Waals surface area contributed by atoms with Crippen LogP contribution in [0.1, 0.15) is 5.56 Å². The van der Waals surface area contributed by atoms with Gasteiger partial charge in [-0.1, -0.05) is 0 Å². The van der Waals surface area contributed by atoms with Gasteiger partial charge in [0.2, 0.25) is 0 Å². The molecule has 0 radical (unpaired) electrons. The molecule has 20 heavy (non-hydrogen) atoms. The van der Waals surface area contributed by atoms with Crippen LogP contribution in [-0.4, -0.2) is 39.4 Å². The SMILES string of the molecule is CNCC1CN(c2ccc(C(F)(F)F)cc2Br)CCO1. The minimum Gasteiger partial charge on any atom is -0.373 e. The summed E-state index contributed by atoms with van der Waals surface area (Å²) < 4.78 is 44.0. The molecule has 112 valence electrons. The van der Waals surface area contributed by atoms with Crippen LogP contribution in [0.4, 0.5) is 18.9 Å². The number of alkyl halides is 3. The van der Waals surface area contributed by atoms with Crippen LogP contribution in [0.3, 0.4) is 0 Å². The highest BCUT2D eigenvalue weighted by Crippen LogP contribution is 2.35. The molecule has 1 aliphatic rings. The van der Waals surface area contributed by atoms with E-state index in [0.29, 0.717) is 24.2 Å². The van der Waals surface area contributed by atoms with Gasteiger partial charge in [-0.2, -0.15) is 13.2 Å². The van der Waals surface area contributed by atoms with Gasteiger partial charge in [-0.3, -0.25) is 0 Å². The number of ether oxygens (including phenoxy) is 1. The summed E-state index contributed by atoms with van der Waals surface area (Å²) in [5.74, 6) is 0. The van der Waals surface area contributed by atoms with E-state index >= 15 is 0 Å². The van der Waals surface area contributed by atoms with E-state index < -0.39 is 11.7 Å². The predicted octanol–water partition coefficient (Wildman–Crippen LogP) is 2.89. The van der Waals surface area contributed by atoms with E-state index in [2.05, 4.69) is 21.2 Å². The van der Waals surface area contributed by atoms with Crippen molar-refractivity contribution in [2.45, 2.75) is 12.3 Å². The molecule has 2 rings (SSSR count). The van der Waals surface area contributed by atoms with Gasteiger partial charge >= 0.3 is 6.18 Å². The summed E-state index contributed by atoms with van der Waals surface area (Å²) in [7, 11) is 1.84. The molecule has 1 aliphatic heterocycles. The Morgan fingerprint density at radius 1 is 1.45 bits per heavy atom. The van der Waals surface area contributed by atoms with Crippen molar-refractivity contribution in [1.82, 2.24) is 5.32 Å². The number of nitrogens with zero attached hydrogens (tertiary/aromatic N) is 1. The molecule has 1 N–H and O–H groups in total. The number of hydrogen-bond donors (Lipinski definition) is 1. The summed E-state index contributed by atoms with van der Waals surface area (Å²) in [5.41, 5.74) is 0.121. The molecule has 3 nitrogen and oxygen atoms in total. The van der Waals surface area contributed by atoms with Crippen LogP contribution >= 0.6 is 15.9 Å². The number of likely N-dealkylation sites (N-methyl/N-ethyl adjacent to an activating group) is 1. The molecule has 7 heteroatoms. The fourth-order valence-electron chi connectivity index (χ4n) is 2.23. The molecule has 0 aliphatic carbocycles. The molecular formula is C13H16BrF3N2O. The second kappa shape index (κ2) is 6.32. The molecule has 0 amide bonds. The highest BCUT2D eigenvalue weighted by atomic mass is 79.9. The normalized spacial score (nSPS) is 20.2. The van der Waals surface area contributed by atoms with Crippen molar-refractivity contribution in [3.63, 3.8) is 0 Å². The molecule has 0 saturated carbocycles. The zero-order valence-corrected chi connectivity index (χ0v) is 12.6. The molecule has 1 aromatic rings. The molecule has 1 fully saturated rings. The van der Waals surface area contributed by atoms with Gasteiger partial charge in [-0.05, 0) is 41.2 Å².